The monoisotopic (exact) mass is 285 g/mol. The molecule has 3 N–H and O–H groups in total. The van der Waals surface area contributed by atoms with E-state index in [0.717, 1.165) is 24.1 Å². The summed E-state index contributed by atoms with van der Waals surface area (Å²) in [5.41, 5.74) is 7.18. The van der Waals surface area contributed by atoms with E-state index in [2.05, 4.69) is 4.72 Å². The smallest absolute Gasteiger partial charge is 0.240 e. The van der Waals surface area contributed by atoms with Crippen molar-refractivity contribution in [1.29, 1.82) is 0 Å². The molecule has 6 heteroatoms. The van der Waals surface area contributed by atoms with Gasteiger partial charge in [0.15, 0.2) is 0 Å². The molecule has 0 aliphatic heterocycles. The second-order valence-electron chi connectivity index (χ2n) is 4.80. The Kier molecular flexibility index (Phi) is 5.93. The summed E-state index contributed by atoms with van der Waals surface area (Å²) in [5, 5.41) is 0. The molecule has 0 bridgehead atoms. The van der Waals surface area contributed by atoms with Crippen LogP contribution in [0.1, 0.15) is 17.5 Å². The molecule has 0 amide bonds. The number of nitrogens with two attached hydrogens (primary N) is 1. The number of nitrogens with zero attached hydrogens (tertiary/aromatic N) is 1. The average molecular weight is 285 g/mol. The van der Waals surface area contributed by atoms with Crippen LogP contribution in [0.4, 0.5) is 0 Å². The van der Waals surface area contributed by atoms with Crippen LogP contribution in [-0.4, -0.2) is 40.5 Å². The molecule has 0 fully saturated rings. The second kappa shape index (κ2) is 7.00. The van der Waals surface area contributed by atoms with Crippen LogP contribution in [0.15, 0.2) is 23.1 Å². The maximum Gasteiger partial charge on any atom is 0.240 e. The second-order valence-corrected chi connectivity index (χ2v) is 6.53. The Morgan fingerprint density at radius 1 is 1.32 bits per heavy atom. The minimum atomic E-state index is -3.45. The van der Waals surface area contributed by atoms with Crippen molar-refractivity contribution >= 4 is 10.0 Å². The molecule has 1 aromatic carbocycles. The van der Waals surface area contributed by atoms with Gasteiger partial charge in [0.25, 0.3) is 0 Å². The van der Waals surface area contributed by atoms with E-state index in [4.69, 9.17) is 5.73 Å². The highest BCUT2D eigenvalue weighted by Gasteiger charge is 2.17. The molecule has 0 heterocycles. The van der Waals surface area contributed by atoms with E-state index in [0.29, 0.717) is 18.0 Å². The predicted octanol–water partition coefficient (Wildman–Crippen LogP) is 0.684. The van der Waals surface area contributed by atoms with Crippen molar-refractivity contribution in [3.63, 3.8) is 0 Å². The van der Waals surface area contributed by atoms with Crippen molar-refractivity contribution in [3.05, 3.63) is 29.3 Å². The van der Waals surface area contributed by atoms with Gasteiger partial charge < -0.3 is 10.6 Å². The van der Waals surface area contributed by atoms with Gasteiger partial charge >= 0.3 is 0 Å². The zero-order chi connectivity index (χ0) is 14.5. The third-order valence-electron chi connectivity index (χ3n) is 2.98. The fraction of sp³-hybridized carbons (Fsp3) is 0.538. The van der Waals surface area contributed by atoms with Gasteiger partial charge in [-0.25, -0.2) is 13.1 Å². The number of sulfonamides is 1. The number of hydrogen-bond donors (Lipinski definition) is 2. The van der Waals surface area contributed by atoms with Gasteiger partial charge in [-0.15, -0.1) is 0 Å². The number of rotatable bonds is 7. The molecule has 0 spiro atoms. The summed E-state index contributed by atoms with van der Waals surface area (Å²) >= 11 is 0. The van der Waals surface area contributed by atoms with Gasteiger partial charge in [0.1, 0.15) is 0 Å². The number of nitrogens with one attached hydrogen (secondary N) is 1. The third kappa shape index (κ3) is 4.58. The zero-order valence-electron chi connectivity index (χ0n) is 11.8. The zero-order valence-corrected chi connectivity index (χ0v) is 12.6. The molecule has 0 radical (unpaired) electrons. The summed E-state index contributed by atoms with van der Waals surface area (Å²) in [4.78, 5) is 2.34. The molecule has 0 saturated carbocycles. The van der Waals surface area contributed by atoms with Gasteiger partial charge in [0.05, 0.1) is 4.90 Å². The summed E-state index contributed by atoms with van der Waals surface area (Å²) in [6, 6.07) is 5.19. The van der Waals surface area contributed by atoms with E-state index < -0.39 is 10.0 Å². The van der Waals surface area contributed by atoms with E-state index >= 15 is 0 Å². The quantitative estimate of drug-likeness (QED) is 0.723. The fourth-order valence-electron chi connectivity index (χ4n) is 1.85. The molecule has 1 rings (SSSR count). The van der Waals surface area contributed by atoms with Crippen molar-refractivity contribution in [2.45, 2.75) is 24.8 Å². The highest BCUT2D eigenvalue weighted by Crippen LogP contribution is 2.18. The van der Waals surface area contributed by atoms with Crippen LogP contribution < -0.4 is 10.5 Å². The third-order valence-corrected chi connectivity index (χ3v) is 4.59. The number of benzene rings is 1. The Hall–Kier alpha value is -0.950. The Bertz CT molecular complexity index is 513. The lowest BCUT2D eigenvalue weighted by Crippen LogP contribution is -2.28. The molecule has 0 unspecified atom stereocenters. The maximum atomic E-state index is 12.2. The van der Waals surface area contributed by atoms with Crippen molar-refractivity contribution < 1.29 is 8.42 Å². The van der Waals surface area contributed by atoms with Crippen LogP contribution in [0.25, 0.3) is 0 Å². The van der Waals surface area contributed by atoms with E-state index in [1.54, 1.807) is 19.1 Å². The lowest BCUT2D eigenvalue weighted by Gasteiger charge is -2.13. The van der Waals surface area contributed by atoms with Gasteiger partial charge in [-0.3, -0.25) is 0 Å². The van der Waals surface area contributed by atoms with Crippen LogP contribution in [0.3, 0.4) is 0 Å². The minimum Gasteiger partial charge on any atom is -0.326 e. The normalized spacial score (nSPS) is 12.1. The first-order valence-corrected chi connectivity index (χ1v) is 7.79. The summed E-state index contributed by atoms with van der Waals surface area (Å²) in [7, 11) is 0.478. The molecule has 19 heavy (non-hydrogen) atoms. The average Bonchev–Trinajstić information content (AvgIpc) is 2.34. The molecule has 0 saturated heterocycles. The Labute approximate surface area is 115 Å². The minimum absolute atomic E-state index is 0.320. The van der Waals surface area contributed by atoms with Gasteiger partial charge in [-0.1, -0.05) is 12.1 Å². The van der Waals surface area contributed by atoms with Crippen LogP contribution in [0, 0.1) is 6.92 Å². The Morgan fingerprint density at radius 2 is 2.00 bits per heavy atom. The highest BCUT2D eigenvalue weighted by molar-refractivity contribution is 7.89. The van der Waals surface area contributed by atoms with Crippen molar-refractivity contribution in [2.24, 2.45) is 5.73 Å². The highest BCUT2D eigenvalue weighted by atomic mass is 32.2. The van der Waals surface area contributed by atoms with E-state index in [-0.39, 0.29) is 0 Å². The first-order chi connectivity index (χ1) is 8.88. The number of hydrogen-bond acceptors (Lipinski definition) is 4. The van der Waals surface area contributed by atoms with Gasteiger partial charge in [0, 0.05) is 13.1 Å². The van der Waals surface area contributed by atoms with Gasteiger partial charge in [0.2, 0.25) is 10.0 Å². The largest absolute Gasteiger partial charge is 0.326 e. The molecule has 5 nitrogen and oxygen atoms in total. The Morgan fingerprint density at radius 3 is 2.58 bits per heavy atom. The molecular weight excluding hydrogens is 262 g/mol. The lowest BCUT2D eigenvalue weighted by atomic mass is 10.1. The van der Waals surface area contributed by atoms with E-state index in [1.165, 1.54) is 0 Å². The van der Waals surface area contributed by atoms with Crippen LogP contribution >= 0.6 is 0 Å². The van der Waals surface area contributed by atoms with Crippen molar-refractivity contribution in [1.82, 2.24) is 9.62 Å². The fourth-order valence-corrected chi connectivity index (χ4v) is 3.21. The molecule has 0 atom stereocenters. The van der Waals surface area contributed by atoms with E-state index in [1.807, 2.05) is 25.1 Å². The van der Waals surface area contributed by atoms with Gasteiger partial charge in [-0.05, 0) is 51.2 Å². The lowest BCUT2D eigenvalue weighted by molar-refractivity contribution is 0.400. The van der Waals surface area contributed by atoms with Crippen LogP contribution in [0.5, 0.6) is 0 Å². The first kappa shape index (κ1) is 16.1. The molecular formula is C13H23N3O2S. The molecule has 0 aliphatic rings. The SMILES string of the molecule is Cc1c(CN)cccc1S(=O)(=O)NCCCN(C)C. The van der Waals surface area contributed by atoms with E-state index in [9.17, 15) is 8.42 Å². The molecule has 0 aromatic heterocycles. The summed E-state index contributed by atoms with van der Waals surface area (Å²) in [5.74, 6) is 0. The standard InChI is InChI=1S/C13H23N3O2S/c1-11-12(10-14)6-4-7-13(11)19(17,18)15-8-5-9-16(2)3/h4,6-7,15H,5,8-10,14H2,1-3H3. The summed E-state index contributed by atoms with van der Waals surface area (Å²) in [6.07, 6.45) is 0.780. The van der Waals surface area contributed by atoms with Crippen molar-refractivity contribution in [2.75, 3.05) is 27.2 Å². The predicted molar refractivity (Wildman–Crippen MR) is 77.4 cm³/mol. The van der Waals surface area contributed by atoms with Gasteiger partial charge in [-0.2, -0.15) is 0 Å². The maximum absolute atomic E-state index is 12.2. The topological polar surface area (TPSA) is 75.4 Å². The van der Waals surface area contributed by atoms with Crippen LogP contribution in [-0.2, 0) is 16.6 Å². The molecule has 108 valence electrons. The first-order valence-electron chi connectivity index (χ1n) is 6.31. The van der Waals surface area contributed by atoms with Crippen LogP contribution in [0.2, 0.25) is 0 Å². The summed E-state index contributed by atoms with van der Waals surface area (Å²) < 4.78 is 27.0. The Balaban J connectivity index is 2.78. The molecule has 1 aromatic rings. The molecule has 0 aliphatic carbocycles. The van der Waals surface area contributed by atoms with Crippen molar-refractivity contribution in [3.8, 4) is 0 Å². The summed E-state index contributed by atoms with van der Waals surface area (Å²) in [6.45, 7) is 3.42.